The molecule has 33 heavy (non-hydrogen) atoms. The van der Waals surface area contributed by atoms with Crippen LogP contribution in [0.5, 0.6) is 0 Å². The highest BCUT2D eigenvalue weighted by Gasteiger charge is 2.17. The van der Waals surface area contributed by atoms with Crippen LogP contribution in [-0.2, 0) is 16.4 Å². The number of thiazole rings is 1. The summed E-state index contributed by atoms with van der Waals surface area (Å²) < 4.78 is 25.6. The number of nitrogens with zero attached hydrogens (tertiary/aromatic N) is 3. The third kappa shape index (κ3) is 4.21. The van der Waals surface area contributed by atoms with E-state index in [4.69, 9.17) is 5.73 Å². The van der Waals surface area contributed by atoms with E-state index in [0.29, 0.717) is 18.1 Å². The normalized spacial score (nSPS) is 11.5. The van der Waals surface area contributed by atoms with Crippen LogP contribution in [0.25, 0.3) is 22.2 Å². The van der Waals surface area contributed by atoms with E-state index in [9.17, 15) is 8.42 Å². The van der Waals surface area contributed by atoms with Gasteiger partial charge in [0.15, 0.2) is 0 Å². The lowest BCUT2D eigenvalue weighted by Crippen LogP contribution is -2.02. The van der Waals surface area contributed by atoms with Gasteiger partial charge in [-0.25, -0.2) is 23.4 Å². The van der Waals surface area contributed by atoms with Crippen molar-refractivity contribution < 1.29 is 8.42 Å². The molecule has 0 amide bonds. The molecule has 3 N–H and O–H groups in total. The van der Waals surface area contributed by atoms with Crippen LogP contribution >= 0.6 is 11.3 Å². The first-order valence-corrected chi connectivity index (χ1v) is 12.5. The lowest BCUT2D eigenvalue weighted by Gasteiger charge is -2.10. The molecule has 0 bridgehead atoms. The molecule has 0 atom stereocenters. The molecule has 164 valence electrons. The summed E-state index contributed by atoms with van der Waals surface area (Å²) in [6.07, 6.45) is 1.49. The molecule has 0 unspecified atom stereocenters. The standard InChI is InChI=1S/C24H19N5O2S2/c25-13-23-29-22(14-32-23)16-6-11-21-20(12-16)24(27-15-26-21)28-17-7-9-19(10-8-17)33(30,31)18-4-2-1-3-5-18/h1-12,14-15H,13,25H2,(H,26,27,28). The van der Waals surface area contributed by atoms with Gasteiger partial charge in [0, 0.05) is 28.6 Å². The second-order valence-corrected chi connectivity index (χ2v) is 10.1. The number of fused-ring (bicyclic) bond motifs is 1. The monoisotopic (exact) mass is 473 g/mol. The Morgan fingerprint density at radius 2 is 1.67 bits per heavy atom. The Balaban J connectivity index is 1.46. The fourth-order valence-corrected chi connectivity index (χ4v) is 5.41. The molecule has 5 rings (SSSR count). The number of rotatable bonds is 6. The number of hydrogen-bond donors (Lipinski definition) is 2. The molecule has 2 heterocycles. The zero-order valence-corrected chi connectivity index (χ0v) is 19.0. The van der Waals surface area contributed by atoms with E-state index in [1.807, 2.05) is 23.6 Å². The van der Waals surface area contributed by atoms with Crippen molar-refractivity contribution >= 4 is 43.6 Å². The molecule has 0 spiro atoms. The van der Waals surface area contributed by atoms with Gasteiger partial charge in [-0.05, 0) is 48.5 Å². The fourth-order valence-electron chi connectivity index (χ4n) is 3.44. The van der Waals surface area contributed by atoms with Crippen molar-refractivity contribution in [3.63, 3.8) is 0 Å². The molecule has 0 aliphatic rings. The molecule has 9 heteroatoms. The quantitative estimate of drug-likeness (QED) is 0.365. The first kappa shape index (κ1) is 21.2. The van der Waals surface area contributed by atoms with Crippen LogP contribution in [0.3, 0.4) is 0 Å². The Morgan fingerprint density at radius 3 is 2.39 bits per heavy atom. The van der Waals surface area contributed by atoms with Gasteiger partial charge in [0.25, 0.3) is 0 Å². The highest BCUT2D eigenvalue weighted by molar-refractivity contribution is 7.91. The topological polar surface area (TPSA) is 111 Å². The van der Waals surface area contributed by atoms with Gasteiger partial charge >= 0.3 is 0 Å². The van der Waals surface area contributed by atoms with Gasteiger partial charge in [-0.15, -0.1) is 11.3 Å². The Hall–Kier alpha value is -3.66. The van der Waals surface area contributed by atoms with Crippen LogP contribution in [0.15, 0.2) is 94.3 Å². The zero-order valence-electron chi connectivity index (χ0n) is 17.3. The van der Waals surface area contributed by atoms with Crippen LogP contribution in [0.2, 0.25) is 0 Å². The number of sulfone groups is 1. The van der Waals surface area contributed by atoms with Gasteiger partial charge in [0.05, 0.1) is 21.0 Å². The maximum atomic E-state index is 12.8. The molecule has 0 aliphatic carbocycles. The van der Waals surface area contributed by atoms with Gasteiger partial charge in [0.2, 0.25) is 9.84 Å². The van der Waals surface area contributed by atoms with E-state index >= 15 is 0 Å². The molecule has 0 radical (unpaired) electrons. The van der Waals surface area contributed by atoms with E-state index in [0.717, 1.165) is 27.2 Å². The number of nitrogens with two attached hydrogens (primary N) is 1. The van der Waals surface area contributed by atoms with Crippen molar-refractivity contribution in [3.8, 4) is 11.3 Å². The maximum Gasteiger partial charge on any atom is 0.206 e. The average molecular weight is 474 g/mol. The Morgan fingerprint density at radius 1 is 0.909 bits per heavy atom. The number of aromatic nitrogens is 3. The minimum Gasteiger partial charge on any atom is -0.340 e. The lowest BCUT2D eigenvalue weighted by atomic mass is 10.1. The molecule has 7 nitrogen and oxygen atoms in total. The zero-order chi connectivity index (χ0) is 22.8. The summed E-state index contributed by atoms with van der Waals surface area (Å²) in [7, 11) is -3.57. The van der Waals surface area contributed by atoms with Crippen molar-refractivity contribution in [1.82, 2.24) is 15.0 Å². The summed E-state index contributed by atoms with van der Waals surface area (Å²) in [5.41, 5.74) is 8.99. The van der Waals surface area contributed by atoms with E-state index in [2.05, 4.69) is 20.3 Å². The average Bonchev–Trinajstić information content (AvgIpc) is 3.34. The molecule has 0 saturated carbocycles. The van der Waals surface area contributed by atoms with E-state index in [1.165, 1.54) is 17.7 Å². The molecular formula is C24H19N5O2S2. The highest BCUT2D eigenvalue weighted by Crippen LogP contribution is 2.30. The Kier molecular flexibility index (Phi) is 5.59. The summed E-state index contributed by atoms with van der Waals surface area (Å²) in [5.74, 6) is 0.620. The molecule has 2 aromatic heterocycles. The van der Waals surface area contributed by atoms with Gasteiger partial charge in [-0.3, -0.25) is 0 Å². The smallest absolute Gasteiger partial charge is 0.206 e. The predicted octanol–water partition coefficient (Wildman–Crippen LogP) is 4.79. The van der Waals surface area contributed by atoms with Crippen LogP contribution in [0.4, 0.5) is 11.5 Å². The predicted molar refractivity (Wildman–Crippen MR) is 130 cm³/mol. The summed E-state index contributed by atoms with van der Waals surface area (Å²) in [4.78, 5) is 13.8. The summed E-state index contributed by atoms with van der Waals surface area (Å²) in [6.45, 7) is 0.407. The van der Waals surface area contributed by atoms with Crippen molar-refractivity contribution in [2.75, 3.05) is 5.32 Å². The second-order valence-electron chi connectivity index (χ2n) is 7.25. The van der Waals surface area contributed by atoms with Crippen LogP contribution in [0.1, 0.15) is 5.01 Å². The maximum absolute atomic E-state index is 12.8. The molecular weight excluding hydrogens is 454 g/mol. The van der Waals surface area contributed by atoms with Gasteiger partial charge in [0.1, 0.15) is 17.2 Å². The van der Waals surface area contributed by atoms with Crippen molar-refractivity contribution in [2.24, 2.45) is 5.73 Å². The van der Waals surface area contributed by atoms with E-state index in [1.54, 1.807) is 54.6 Å². The molecule has 0 fully saturated rings. The first-order chi connectivity index (χ1) is 16.0. The third-order valence-corrected chi connectivity index (χ3v) is 7.80. The third-order valence-electron chi connectivity index (χ3n) is 5.14. The molecule has 0 saturated heterocycles. The lowest BCUT2D eigenvalue weighted by molar-refractivity contribution is 0.596. The fraction of sp³-hybridized carbons (Fsp3) is 0.0417. The number of anilines is 2. The first-order valence-electron chi connectivity index (χ1n) is 10.1. The largest absolute Gasteiger partial charge is 0.340 e. The van der Waals surface area contributed by atoms with Crippen molar-refractivity contribution in [1.29, 1.82) is 0 Å². The van der Waals surface area contributed by atoms with Crippen molar-refractivity contribution in [3.05, 3.63) is 89.5 Å². The number of nitrogens with one attached hydrogen (secondary N) is 1. The van der Waals surface area contributed by atoms with Crippen molar-refractivity contribution in [2.45, 2.75) is 16.3 Å². The summed E-state index contributed by atoms with van der Waals surface area (Å²) >= 11 is 1.53. The Bertz CT molecular complexity index is 1530. The Labute approximate surface area is 194 Å². The molecule has 0 aliphatic heterocycles. The highest BCUT2D eigenvalue weighted by atomic mass is 32.2. The SMILES string of the molecule is NCc1nc(-c2ccc3ncnc(Nc4ccc(S(=O)(=O)c5ccccc5)cc4)c3c2)cs1. The van der Waals surface area contributed by atoms with E-state index < -0.39 is 9.84 Å². The van der Waals surface area contributed by atoms with E-state index in [-0.39, 0.29) is 9.79 Å². The summed E-state index contributed by atoms with van der Waals surface area (Å²) in [6, 6.07) is 20.9. The van der Waals surface area contributed by atoms with Gasteiger partial charge in [-0.2, -0.15) is 0 Å². The summed E-state index contributed by atoms with van der Waals surface area (Å²) in [5, 5.41) is 6.96. The minimum atomic E-state index is -3.57. The van der Waals surface area contributed by atoms with Crippen LogP contribution in [-0.4, -0.2) is 23.4 Å². The number of benzene rings is 3. The number of hydrogen-bond acceptors (Lipinski definition) is 8. The van der Waals surface area contributed by atoms with Gasteiger partial charge in [-0.1, -0.05) is 24.3 Å². The van der Waals surface area contributed by atoms with Crippen LogP contribution in [0, 0.1) is 0 Å². The molecule has 5 aromatic rings. The van der Waals surface area contributed by atoms with Crippen LogP contribution < -0.4 is 11.1 Å². The second kappa shape index (κ2) is 8.70. The van der Waals surface area contributed by atoms with Gasteiger partial charge < -0.3 is 11.1 Å². The minimum absolute atomic E-state index is 0.230. The molecule has 3 aromatic carbocycles.